The van der Waals surface area contributed by atoms with Crippen LogP contribution in [-0.2, 0) is 62.3 Å². The lowest BCUT2D eigenvalue weighted by atomic mass is 9.89. The fourth-order valence-electron chi connectivity index (χ4n) is 9.97. The number of hydrogen-bond acceptors (Lipinski definition) is 12. The number of imide groups is 1. The van der Waals surface area contributed by atoms with Crippen LogP contribution in [0.15, 0.2) is 53.7 Å². The summed E-state index contributed by atoms with van der Waals surface area (Å²) in [5.41, 5.74) is 1.13. The number of aryl methyl sites for hydroxylation is 1. The molecule has 0 radical (unpaired) electrons. The third-order valence-electron chi connectivity index (χ3n) is 14.3. The molecule has 2 fully saturated rings. The molecule has 6 amide bonds. The van der Waals surface area contributed by atoms with Crippen LogP contribution >= 0.6 is 7.60 Å². The molecule has 3 N–H and O–H groups in total. The molecule has 23 heteroatoms. The van der Waals surface area contributed by atoms with Gasteiger partial charge in [0, 0.05) is 99.6 Å². The van der Waals surface area contributed by atoms with E-state index < -0.39 is 67.4 Å². The zero-order valence-corrected chi connectivity index (χ0v) is 45.1. The van der Waals surface area contributed by atoms with E-state index >= 15 is 0 Å². The molecule has 404 valence electrons. The Balaban J connectivity index is 1.21. The zero-order chi connectivity index (χ0) is 53.7. The van der Waals surface area contributed by atoms with Gasteiger partial charge in [0.05, 0.1) is 49.4 Å². The molecule has 3 aliphatic heterocycles. The summed E-state index contributed by atoms with van der Waals surface area (Å²) in [6, 6.07) is 6.96. The number of hydrogen-bond donors (Lipinski definition) is 3. The van der Waals surface area contributed by atoms with Crippen molar-refractivity contribution in [3.63, 3.8) is 0 Å². The van der Waals surface area contributed by atoms with Crippen molar-refractivity contribution in [2.24, 2.45) is 22.7 Å². The highest BCUT2D eigenvalue weighted by atomic mass is 31.2. The summed E-state index contributed by atoms with van der Waals surface area (Å²) in [4.78, 5) is 116. The molecular formula is C50H78N11O11P. The van der Waals surface area contributed by atoms with Crippen LogP contribution in [0.3, 0.4) is 0 Å². The number of carbonyl (C=O) groups excluding carboxylic acids is 6. The summed E-state index contributed by atoms with van der Waals surface area (Å²) < 4.78 is 26.1. The number of methoxy groups -OCH3 is 2. The van der Waals surface area contributed by atoms with Crippen LogP contribution in [0, 0.1) is 17.8 Å². The Labute approximate surface area is 429 Å². The van der Waals surface area contributed by atoms with Crippen molar-refractivity contribution in [1.82, 2.24) is 49.7 Å². The first kappa shape index (κ1) is 58.4. The van der Waals surface area contributed by atoms with Gasteiger partial charge in [-0.15, -0.1) is 5.10 Å². The van der Waals surface area contributed by atoms with Gasteiger partial charge in [-0.2, -0.15) is 0 Å². The van der Waals surface area contributed by atoms with Crippen molar-refractivity contribution >= 4 is 49.0 Å². The molecule has 22 nitrogen and oxygen atoms in total. The van der Waals surface area contributed by atoms with E-state index in [2.05, 4.69) is 20.5 Å². The lowest BCUT2D eigenvalue weighted by Crippen LogP contribution is -2.56. The third kappa shape index (κ3) is 15.3. The highest BCUT2D eigenvalue weighted by Crippen LogP contribution is 2.41. The van der Waals surface area contributed by atoms with Crippen LogP contribution in [0.2, 0.25) is 0 Å². The van der Waals surface area contributed by atoms with Crippen molar-refractivity contribution < 1.29 is 52.6 Å². The number of likely N-dealkylation sites (N-methyl/N-ethyl adjacent to an activating group) is 1. The Morgan fingerprint density at radius 2 is 1.56 bits per heavy atom. The van der Waals surface area contributed by atoms with E-state index in [1.54, 1.807) is 65.0 Å². The van der Waals surface area contributed by atoms with E-state index in [1.807, 2.05) is 51.6 Å². The molecule has 0 bridgehead atoms. The summed E-state index contributed by atoms with van der Waals surface area (Å²) in [6.45, 7) is 12.4. The Morgan fingerprint density at radius 1 is 0.918 bits per heavy atom. The molecule has 2 saturated heterocycles. The summed E-state index contributed by atoms with van der Waals surface area (Å²) in [7, 11) is 3.74. The lowest BCUT2D eigenvalue weighted by Gasteiger charge is -2.41. The van der Waals surface area contributed by atoms with Crippen molar-refractivity contribution in [3.8, 4) is 0 Å². The van der Waals surface area contributed by atoms with Crippen LogP contribution in [0.25, 0.3) is 0 Å². The van der Waals surface area contributed by atoms with Gasteiger partial charge in [-0.3, -0.25) is 42.9 Å². The van der Waals surface area contributed by atoms with E-state index in [0.717, 1.165) is 4.90 Å². The third-order valence-corrected chi connectivity index (χ3v) is 15.4. The number of aromatic nitrogens is 3. The molecular weight excluding hydrogens is 962 g/mol. The maximum Gasteiger partial charge on any atom is 0.347 e. The number of likely N-dealkylation sites (tertiary alicyclic amines) is 1. The predicted octanol–water partition coefficient (Wildman–Crippen LogP) is 2.35. The SMILES string of the molecule is CCC(C)C(C(CC(=O)N1CCC[C@H]1C(OC)C(C)C(=O)NC(Cc1ccccc1)P(=O)(O)O)OC)N(C)C(=O)C(N=C(N(C)C)N1CCN(C(=O)CCCn2cc(CN3C(=O)C=CC3=O)nn2)CC1)C(C)C. The van der Waals surface area contributed by atoms with E-state index in [-0.39, 0.29) is 48.9 Å². The highest BCUT2D eigenvalue weighted by molar-refractivity contribution is 7.52. The monoisotopic (exact) mass is 1040 g/mol. The molecule has 4 heterocycles. The number of rotatable bonds is 24. The van der Waals surface area contributed by atoms with Gasteiger partial charge in [-0.05, 0) is 36.7 Å². The molecule has 8 atom stereocenters. The summed E-state index contributed by atoms with van der Waals surface area (Å²) in [5, 5.41) is 10.7. The predicted molar refractivity (Wildman–Crippen MR) is 272 cm³/mol. The number of carbonyl (C=O) groups is 6. The molecule has 2 aromatic rings. The number of nitrogens with one attached hydrogen (secondary N) is 1. The molecule has 1 aromatic carbocycles. The Hall–Kier alpha value is -5.54. The van der Waals surface area contributed by atoms with Crippen LogP contribution in [0.1, 0.15) is 84.4 Å². The van der Waals surface area contributed by atoms with Gasteiger partial charge in [0.1, 0.15) is 17.5 Å². The van der Waals surface area contributed by atoms with Crippen LogP contribution in [0.5, 0.6) is 0 Å². The van der Waals surface area contributed by atoms with Crippen molar-refractivity contribution in [3.05, 3.63) is 59.9 Å². The average molecular weight is 1040 g/mol. The van der Waals surface area contributed by atoms with Crippen LogP contribution in [0.4, 0.5) is 0 Å². The second kappa shape index (κ2) is 26.6. The first-order valence-corrected chi connectivity index (χ1v) is 27.0. The molecule has 5 rings (SSSR count). The van der Waals surface area contributed by atoms with Gasteiger partial charge in [0.2, 0.25) is 23.6 Å². The van der Waals surface area contributed by atoms with Crippen molar-refractivity contribution in [2.75, 3.05) is 68.1 Å². The molecule has 0 spiro atoms. The number of amides is 6. The molecule has 73 heavy (non-hydrogen) atoms. The average Bonchev–Trinajstić information content (AvgIpc) is 4.11. The van der Waals surface area contributed by atoms with Crippen LogP contribution in [-0.4, -0.2) is 200 Å². The van der Waals surface area contributed by atoms with Gasteiger partial charge in [0.15, 0.2) is 5.96 Å². The first-order chi connectivity index (χ1) is 34.6. The number of piperazine rings is 1. The normalized spacial score (nSPS) is 19.5. The molecule has 7 unspecified atom stereocenters. The minimum absolute atomic E-state index is 0.00594. The Bertz CT molecular complexity index is 2300. The van der Waals surface area contributed by atoms with E-state index in [1.165, 1.54) is 26.4 Å². The Kier molecular flexibility index (Phi) is 21.3. The van der Waals surface area contributed by atoms with Crippen LogP contribution < -0.4 is 5.32 Å². The second-order valence-corrected chi connectivity index (χ2v) is 21.7. The topological polar surface area (TPSA) is 253 Å². The number of aliphatic imine (C=N–C) groups is 1. The number of benzene rings is 1. The molecule has 0 aliphatic carbocycles. The highest BCUT2D eigenvalue weighted by Gasteiger charge is 2.44. The first-order valence-electron chi connectivity index (χ1n) is 25.3. The fraction of sp³-hybridized carbons (Fsp3) is 0.660. The van der Waals surface area contributed by atoms with E-state index in [4.69, 9.17) is 14.5 Å². The van der Waals surface area contributed by atoms with E-state index in [0.29, 0.717) is 88.6 Å². The van der Waals surface area contributed by atoms with Gasteiger partial charge < -0.3 is 49.1 Å². The summed E-state index contributed by atoms with van der Waals surface area (Å²) >= 11 is 0. The standard InChI is InChI=1S/C50H78N11O11P/c1-11-34(4)46(39(71-9)30-44(65)60-24-15-19-38(60)47(72-10)35(5)48(66)51-40(73(68,69)70)29-36-17-13-12-14-18-36)56(8)49(67)45(33(2)3)52-50(55(6)7)58-27-25-57(26-28-58)41(62)20-16-23-59-31-37(53-54-59)32-61-42(63)21-22-43(61)64/h12-14,17-18,21-22,31,33-35,38-40,45-47H,11,15-16,19-20,23-30,32H2,1-10H3,(H,51,66)(H2,68,69,70)/t34?,35?,38-,39?,40?,45?,46?,47?/m0/s1. The minimum atomic E-state index is -4.75. The lowest BCUT2D eigenvalue weighted by molar-refractivity contribution is -0.146. The second-order valence-electron chi connectivity index (χ2n) is 19.9. The van der Waals surface area contributed by atoms with Gasteiger partial charge in [0.25, 0.3) is 11.8 Å². The van der Waals surface area contributed by atoms with E-state index in [9.17, 15) is 43.1 Å². The summed E-state index contributed by atoms with van der Waals surface area (Å²) in [6.07, 6.45) is 5.20. The van der Waals surface area contributed by atoms with Gasteiger partial charge in [-0.1, -0.05) is 76.6 Å². The maximum absolute atomic E-state index is 14.8. The Morgan fingerprint density at radius 3 is 2.14 bits per heavy atom. The smallest absolute Gasteiger partial charge is 0.347 e. The maximum atomic E-state index is 14.8. The quantitative estimate of drug-likeness (QED) is 0.0591. The van der Waals surface area contributed by atoms with Crippen molar-refractivity contribution in [1.29, 1.82) is 0 Å². The fourth-order valence-corrected chi connectivity index (χ4v) is 10.7. The molecule has 1 aromatic heterocycles. The zero-order valence-electron chi connectivity index (χ0n) is 44.2. The number of ether oxygens (including phenoxy) is 2. The van der Waals surface area contributed by atoms with Gasteiger partial charge in [-0.25, -0.2) is 4.99 Å². The molecule has 0 saturated carbocycles. The summed E-state index contributed by atoms with van der Waals surface area (Å²) in [5.74, 6) is -3.84. The number of guanidine groups is 1. The molecule has 3 aliphatic rings. The minimum Gasteiger partial charge on any atom is -0.379 e. The largest absolute Gasteiger partial charge is 0.379 e. The number of nitrogens with zero attached hydrogens (tertiary/aromatic N) is 10. The van der Waals surface area contributed by atoms with Gasteiger partial charge >= 0.3 is 7.60 Å². The van der Waals surface area contributed by atoms with Crippen molar-refractivity contribution in [2.45, 2.75) is 129 Å².